The minimum atomic E-state index is -1.07. The Labute approximate surface area is 262 Å². The van der Waals surface area contributed by atoms with Gasteiger partial charge in [0.15, 0.2) is 5.78 Å². The number of allylic oxidation sites excluding steroid dienone is 1. The maximum Gasteiger partial charge on any atom is 0.308 e. The minimum Gasteiger partial charge on any atom is -0.481 e. The van der Waals surface area contributed by atoms with Crippen molar-refractivity contribution in [3.63, 3.8) is 0 Å². The number of ketones is 1. The Kier molecular flexibility index (Phi) is 8.51. The highest BCUT2D eigenvalue weighted by atomic mass is 16.6. The van der Waals surface area contributed by atoms with Crippen LogP contribution in [0.15, 0.2) is 11.6 Å². The van der Waals surface area contributed by atoms with Crippen molar-refractivity contribution in [1.29, 1.82) is 0 Å². The molecule has 5 rings (SSSR count). The zero-order chi connectivity index (χ0) is 32.6. The second kappa shape index (κ2) is 11.2. The molecule has 4 aliphatic carbocycles. The van der Waals surface area contributed by atoms with Crippen LogP contribution in [0.2, 0.25) is 0 Å². The third kappa shape index (κ3) is 4.49. The molecule has 9 nitrogen and oxygen atoms in total. The van der Waals surface area contributed by atoms with Gasteiger partial charge in [-0.25, -0.2) is 0 Å². The number of fused-ring (bicyclic) bond motifs is 3. The number of rotatable bonds is 8. The van der Waals surface area contributed by atoms with Gasteiger partial charge < -0.3 is 30.2 Å². The van der Waals surface area contributed by atoms with Gasteiger partial charge in [0.2, 0.25) is 0 Å². The molecule has 44 heavy (non-hydrogen) atoms. The molecule has 1 aliphatic heterocycles. The largest absolute Gasteiger partial charge is 0.481 e. The molecule has 0 spiro atoms. The molecule has 0 radical (unpaired) electrons. The standard InChI is InChI=1S/C35H55NO8/c1-19(2)20(3)31(5)11-12-33(7)23-9-10-26-32(6)17-42-18-35(26,24(23)13-27(39)34(33,8)28(31)30(40)41)14-25(44-21(4)38)29(32)43-16-22(36)15-37/h13,19-20,22-23,25-26,28-29,37H,9-12,14-18,36H2,1-8H3,(H,40,41)/t20-,22?,23+,25-,26+,28-,29+,31-,32+,33-,34+,35-/m1/s1. The Morgan fingerprint density at radius 2 is 1.80 bits per heavy atom. The average Bonchev–Trinajstić information content (AvgIpc) is 2.93. The topological polar surface area (TPSA) is 145 Å². The number of carbonyl (C=O) groups excluding carboxylic acids is 2. The quantitative estimate of drug-likeness (QED) is 0.338. The van der Waals surface area contributed by atoms with Gasteiger partial charge in [-0.15, -0.1) is 0 Å². The first-order valence-electron chi connectivity index (χ1n) is 16.7. The van der Waals surface area contributed by atoms with E-state index >= 15 is 0 Å². The van der Waals surface area contributed by atoms with Crippen LogP contribution < -0.4 is 5.73 Å². The molecule has 0 aromatic carbocycles. The van der Waals surface area contributed by atoms with E-state index in [1.165, 1.54) is 6.92 Å². The third-order valence-electron chi connectivity index (χ3n) is 14.0. The number of aliphatic hydroxyl groups is 1. The van der Waals surface area contributed by atoms with E-state index in [4.69, 9.17) is 19.9 Å². The van der Waals surface area contributed by atoms with E-state index in [9.17, 15) is 24.6 Å². The summed E-state index contributed by atoms with van der Waals surface area (Å²) in [5.74, 6) is -1.66. The fourth-order valence-electron chi connectivity index (χ4n) is 11.3. The van der Waals surface area contributed by atoms with Gasteiger partial charge in [-0.3, -0.25) is 14.4 Å². The molecular weight excluding hydrogens is 562 g/mol. The van der Waals surface area contributed by atoms with E-state index < -0.39 is 63.2 Å². The maximum atomic E-state index is 14.7. The molecule has 0 aromatic rings. The van der Waals surface area contributed by atoms with Crippen LogP contribution in [-0.2, 0) is 28.6 Å². The molecular formula is C35H55NO8. The van der Waals surface area contributed by atoms with Crippen molar-refractivity contribution < 1.29 is 38.8 Å². The molecule has 12 atom stereocenters. The van der Waals surface area contributed by atoms with Crippen molar-refractivity contribution in [1.82, 2.24) is 0 Å². The van der Waals surface area contributed by atoms with Crippen molar-refractivity contribution in [2.75, 3.05) is 26.4 Å². The molecule has 3 saturated carbocycles. The molecule has 1 heterocycles. The zero-order valence-corrected chi connectivity index (χ0v) is 28.0. The predicted molar refractivity (Wildman–Crippen MR) is 164 cm³/mol. The van der Waals surface area contributed by atoms with Crippen LogP contribution in [0.5, 0.6) is 0 Å². The van der Waals surface area contributed by atoms with Gasteiger partial charge in [-0.05, 0) is 72.7 Å². The number of ether oxygens (including phenoxy) is 3. The highest BCUT2D eigenvalue weighted by molar-refractivity contribution is 6.00. The van der Waals surface area contributed by atoms with E-state index in [1.807, 2.05) is 13.0 Å². The second-order valence-corrected chi connectivity index (χ2v) is 16.3. The van der Waals surface area contributed by atoms with Gasteiger partial charge in [-0.1, -0.05) is 54.0 Å². The van der Waals surface area contributed by atoms with E-state index in [0.717, 1.165) is 31.3 Å². The summed E-state index contributed by atoms with van der Waals surface area (Å²) in [6.07, 6.45) is 4.44. The summed E-state index contributed by atoms with van der Waals surface area (Å²) >= 11 is 0. The SMILES string of the molecule is CC(=O)O[C@@H]1C[C@]23COC[C@@](C)([C@@H]2CC[C@H]2C3=CC(=O)[C@@]3(C)[C@H](C(=O)O)[C@@](C)([C@H](C)C(C)C)CC[C@]23C)[C@H]1OCC(N)CO. The van der Waals surface area contributed by atoms with Crippen molar-refractivity contribution in [2.24, 2.45) is 62.4 Å². The Bertz CT molecular complexity index is 1220. The number of carbonyl (C=O) groups is 3. The summed E-state index contributed by atoms with van der Waals surface area (Å²) in [7, 11) is 0. The molecule has 1 unspecified atom stereocenters. The lowest BCUT2D eigenvalue weighted by Crippen LogP contribution is -2.71. The minimum absolute atomic E-state index is 0.00594. The normalized spacial score (nSPS) is 46.2. The number of aliphatic hydroxyl groups excluding tert-OH is 1. The summed E-state index contributed by atoms with van der Waals surface area (Å²) in [5, 5.41) is 20.4. The van der Waals surface area contributed by atoms with Crippen LogP contribution in [0.3, 0.4) is 0 Å². The van der Waals surface area contributed by atoms with Crippen molar-refractivity contribution in [2.45, 2.75) is 106 Å². The number of carboxylic acid groups (broad SMARTS) is 1. The van der Waals surface area contributed by atoms with Gasteiger partial charge in [-0.2, -0.15) is 0 Å². The first-order chi connectivity index (χ1) is 20.4. The average molecular weight is 618 g/mol. The van der Waals surface area contributed by atoms with Crippen LogP contribution in [0, 0.1) is 56.7 Å². The maximum absolute atomic E-state index is 14.7. The summed E-state index contributed by atoms with van der Waals surface area (Å²) < 4.78 is 18.8. The summed E-state index contributed by atoms with van der Waals surface area (Å²) in [4.78, 5) is 40.4. The van der Waals surface area contributed by atoms with E-state index in [2.05, 4.69) is 41.5 Å². The predicted octanol–water partition coefficient (Wildman–Crippen LogP) is 4.39. The number of hydrogen-bond acceptors (Lipinski definition) is 8. The molecule has 5 aliphatic rings. The smallest absolute Gasteiger partial charge is 0.308 e. The Morgan fingerprint density at radius 3 is 2.39 bits per heavy atom. The molecule has 2 bridgehead atoms. The van der Waals surface area contributed by atoms with E-state index in [0.29, 0.717) is 19.6 Å². The molecule has 0 aromatic heterocycles. The number of aliphatic carboxylic acids is 1. The Balaban J connectivity index is 1.63. The van der Waals surface area contributed by atoms with Gasteiger partial charge in [0, 0.05) is 23.2 Å². The molecule has 0 amide bonds. The van der Waals surface area contributed by atoms with Crippen LogP contribution in [0.25, 0.3) is 0 Å². The summed E-state index contributed by atoms with van der Waals surface area (Å²) in [5.41, 5.74) is 3.85. The fraction of sp³-hybridized carbons (Fsp3) is 0.857. The van der Waals surface area contributed by atoms with Gasteiger partial charge >= 0.3 is 11.9 Å². The highest BCUT2D eigenvalue weighted by Crippen LogP contribution is 2.74. The molecule has 4 N–H and O–H groups in total. The second-order valence-electron chi connectivity index (χ2n) is 16.3. The number of hydrogen-bond donors (Lipinski definition) is 3. The van der Waals surface area contributed by atoms with Crippen molar-refractivity contribution in [3.05, 3.63) is 11.6 Å². The van der Waals surface area contributed by atoms with Gasteiger partial charge in [0.25, 0.3) is 0 Å². The monoisotopic (exact) mass is 617 g/mol. The number of nitrogens with two attached hydrogens (primary N) is 1. The summed E-state index contributed by atoms with van der Waals surface area (Å²) in [6.45, 7) is 16.9. The van der Waals surface area contributed by atoms with Crippen molar-refractivity contribution >= 4 is 17.7 Å². The lowest BCUT2D eigenvalue weighted by molar-refractivity contribution is -0.266. The zero-order valence-electron chi connectivity index (χ0n) is 28.0. The molecule has 4 fully saturated rings. The number of esters is 1. The molecule has 9 heteroatoms. The van der Waals surface area contributed by atoms with Gasteiger partial charge in [0.05, 0.1) is 38.4 Å². The van der Waals surface area contributed by atoms with Crippen LogP contribution in [0.4, 0.5) is 0 Å². The Morgan fingerprint density at radius 1 is 1.11 bits per heavy atom. The summed E-state index contributed by atoms with van der Waals surface area (Å²) in [6, 6.07) is -0.558. The van der Waals surface area contributed by atoms with E-state index in [1.54, 1.807) is 0 Å². The molecule has 248 valence electrons. The van der Waals surface area contributed by atoms with E-state index in [-0.39, 0.29) is 42.7 Å². The highest BCUT2D eigenvalue weighted by Gasteiger charge is 2.74. The lowest BCUT2D eigenvalue weighted by atomic mass is 9.34. The van der Waals surface area contributed by atoms with Crippen molar-refractivity contribution in [3.8, 4) is 0 Å². The number of carboxylic acids is 1. The Hall–Kier alpha value is -1.81. The first-order valence-corrected chi connectivity index (χ1v) is 16.7. The van der Waals surface area contributed by atoms with Crippen LogP contribution in [-0.4, -0.2) is 72.6 Å². The molecule has 1 saturated heterocycles. The first kappa shape index (κ1) is 33.6. The third-order valence-corrected chi connectivity index (χ3v) is 14.0. The lowest BCUT2D eigenvalue weighted by Gasteiger charge is -2.70. The van der Waals surface area contributed by atoms with Crippen LogP contribution in [0.1, 0.15) is 87.5 Å². The van der Waals surface area contributed by atoms with Gasteiger partial charge in [0.1, 0.15) is 12.2 Å². The van der Waals surface area contributed by atoms with Crippen LogP contribution >= 0.6 is 0 Å². The fourth-order valence-corrected chi connectivity index (χ4v) is 11.3.